The maximum absolute atomic E-state index is 14.0. The van der Waals surface area contributed by atoms with Gasteiger partial charge in [-0.05, 0) is 23.6 Å². The van der Waals surface area contributed by atoms with E-state index in [1.165, 1.54) is 28.7 Å². The molecule has 1 amide bonds. The number of amides is 1. The molecule has 3 rings (SSSR count). The van der Waals surface area contributed by atoms with Gasteiger partial charge in [-0.1, -0.05) is 44.2 Å². The summed E-state index contributed by atoms with van der Waals surface area (Å²) in [7, 11) is 1.36. The average Bonchev–Trinajstić information content (AvgIpc) is 2.80. The number of H-pyrrole nitrogens is 1. The maximum Gasteiger partial charge on any atom is 0.330 e. The topological polar surface area (TPSA) is 122 Å². The van der Waals surface area contributed by atoms with E-state index in [1.54, 1.807) is 6.07 Å². The first-order valence-electron chi connectivity index (χ1n) is 10.8. The van der Waals surface area contributed by atoms with Crippen LogP contribution in [0.3, 0.4) is 0 Å². The van der Waals surface area contributed by atoms with E-state index in [4.69, 9.17) is 10.5 Å². The Morgan fingerprint density at radius 2 is 1.91 bits per heavy atom. The van der Waals surface area contributed by atoms with Crippen LogP contribution in [-0.4, -0.2) is 35.7 Å². The zero-order valence-corrected chi connectivity index (χ0v) is 19.3. The van der Waals surface area contributed by atoms with Crippen LogP contribution in [0.25, 0.3) is 0 Å². The summed E-state index contributed by atoms with van der Waals surface area (Å²) in [6.45, 7) is 3.86. The molecule has 1 heterocycles. The van der Waals surface area contributed by atoms with E-state index in [0.29, 0.717) is 5.69 Å². The SMILES string of the molecule is COc1ccc(NCC(=O)N(CC(C)C)c2c(N)n(Cc3ccccc3)c(=O)[nH]c2=O)cc1F. The van der Waals surface area contributed by atoms with Crippen LogP contribution in [0.2, 0.25) is 0 Å². The summed E-state index contributed by atoms with van der Waals surface area (Å²) >= 11 is 0. The molecule has 0 fully saturated rings. The number of halogens is 1. The number of aromatic amines is 1. The Morgan fingerprint density at radius 1 is 1.21 bits per heavy atom. The van der Waals surface area contributed by atoms with Crippen molar-refractivity contribution in [2.24, 2.45) is 5.92 Å². The molecule has 0 unspecified atom stereocenters. The van der Waals surface area contributed by atoms with Gasteiger partial charge in [-0.3, -0.25) is 19.1 Å². The van der Waals surface area contributed by atoms with Gasteiger partial charge in [-0.25, -0.2) is 9.18 Å². The molecule has 0 saturated heterocycles. The number of methoxy groups -OCH3 is 1. The Balaban J connectivity index is 1.93. The monoisotopic (exact) mass is 469 g/mol. The molecule has 9 nitrogen and oxygen atoms in total. The zero-order chi connectivity index (χ0) is 24.8. The number of benzene rings is 2. The van der Waals surface area contributed by atoms with Crippen molar-refractivity contribution in [2.75, 3.05) is 36.1 Å². The van der Waals surface area contributed by atoms with Crippen LogP contribution in [0.5, 0.6) is 5.75 Å². The van der Waals surface area contributed by atoms with E-state index in [2.05, 4.69) is 10.3 Å². The number of carbonyl (C=O) groups is 1. The van der Waals surface area contributed by atoms with E-state index in [0.717, 1.165) is 5.56 Å². The zero-order valence-electron chi connectivity index (χ0n) is 19.3. The van der Waals surface area contributed by atoms with Crippen molar-refractivity contribution in [1.82, 2.24) is 9.55 Å². The van der Waals surface area contributed by atoms with Gasteiger partial charge in [-0.2, -0.15) is 0 Å². The average molecular weight is 470 g/mol. The lowest BCUT2D eigenvalue weighted by Crippen LogP contribution is -2.44. The summed E-state index contributed by atoms with van der Waals surface area (Å²) in [5.74, 6) is -1.07. The molecule has 2 aromatic carbocycles. The second-order valence-corrected chi connectivity index (χ2v) is 8.17. The number of aromatic nitrogens is 2. The Labute approximate surface area is 196 Å². The molecule has 0 aliphatic rings. The summed E-state index contributed by atoms with van der Waals surface area (Å²) < 4.78 is 20.1. The number of nitrogens with zero attached hydrogens (tertiary/aromatic N) is 2. The molecule has 3 aromatic rings. The number of nitrogens with one attached hydrogen (secondary N) is 2. The quantitative estimate of drug-likeness (QED) is 0.442. The lowest BCUT2D eigenvalue weighted by molar-refractivity contribution is -0.117. The van der Waals surface area contributed by atoms with Crippen LogP contribution in [0, 0.1) is 11.7 Å². The van der Waals surface area contributed by atoms with Gasteiger partial charge in [0.1, 0.15) is 5.82 Å². The summed E-state index contributed by atoms with van der Waals surface area (Å²) in [4.78, 5) is 41.9. The third-order valence-electron chi connectivity index (χ3n) is 5.11. The van der Waals surface area contributed by atoms with Crippen LogP contribution < -0.4 is 31.9 Å². The minimum atomic E-state index is -0.753. The highest BCUT2D eigenvalue weighted by atomic mass is 19.1. The first-order valence-corrected chi connectivity index (χ1v) is 10.8. The minimum absolute atomic E-state index is 0.00400. The van der Waals surface area contributed by atoms with Gasteiger partial charge >= 0.3 is 5.69 Å². The molecular formula is C24H28FN5O4. The van der Waals surface area contributed by atoms with E-state index < -0.39 is 23.0 Å². The predicted octanol–water partition coefficient (Wildman–Crippen LogP) is 2.42. The first-order chi connectivity index (χ1) is 16.2. The van der Waals surface area contributed by atoms with E-state index in [9.17, 15) is 18.8 Å². The van der Waals surface area contributed by atoms with E-state index >= 15 is 0 Å². The second-order valence-electron chi connectivity index (χ2n) is 8.17. The van der Waals surface area contributed by atoms with Crippen LogP contribution in [0.1, 0.15) is 19.4 Å². The summed E-state index contributed by atoms with van der Waals surface area (Å²) in [5.41, 5.74) is 5.92. The molecule has 34 heavy (non-hydrogen) atoms. The lowest BCUT2D eigenvalue weighted by Gasteiger charge is -2.26. The van der Waals surface area contributed by atoms with E-state index in [-0.39, 0.29) is 42.8 Å². The van der Waals surface area contributed by atoms with Crippen molar-refractivity contribution >= 4 is 23.1 Å². The van der Waals surface area contributed by atoms with Crippen molar-refractivity contribution in [3.05, 3.63) is 80.7 Å². The molecule has 0 bridgehead atoms. The highest BCUT2D eigenvalue weighted by Crippen LogP contribution is 2.22. The van der Waals surface area contributed by atoms with Crippen molar-refractivity contribution in [1.29, 1.82) is 0 Å². The molecule has 0 saturated carbocycles. The van der Waals surface area contributed by atoms with Crippen LogP contribution in [-0.2, 0) is 11.3 Å². The lowest BCUT2D eigenvalue weighted by atomic mass is 10.2. The minimum Gasteiger partial charge on any atom is -0.494 e. The summed E-state index contributed by atoms with van der Waals surface area (Å²) in [6.07, 6.45) is 0. The fourth-order valence-electron chi connectivity index (χ4n) is 3.49. The summed E-state index contributed by atoms with van der Waals surface area (Å²) in [5, 5.41) is 2.86. The van der Waals surface area contributed by atoms with Crippen LogP contribution in [0.15, 0.2) is 58.1 Å². The van der Waals surface area contributed by atoms with Crippen molar-refractivity contribution in [3.8, 4) is 5.75 Å². The van der Waals surface area contributed by atoms with Gasteiger partial charge in [0.2, 0.25) is 5.91 Å². The summed E-state index contributed by atoms with van der Waals surface area (Å²) in [6, 6.07) is 13.4. The van der Waals surface area contributed by atoms with Crippen molar-refractivity contribution < 1.29 is 13.9 Å². The number of rotatable bonds is 9. The molecule has 0 aliphatic heterocycles. The standard InChI is InChI=1S/C24H28FN5O4/c1-15(2)13-29(20(31)12-27-17-9-10-19(34-3)18(25)11-17)21-22(26)30(24(33)28-23(21)32)14-16-7-5-4-6-8-16/h4-11,15,27H,12-14,26H2,1-3H3,(H,28,32,33). The Kier molecular flexibility index (Phi) is 7.72. The fourth-order valence-corrected chi connectivity index (χ4v) is 3.49. The normalized spacial score (nSPS) is 10.9. The molecule has 1 aromatic heterocycles. The maximum atomic E-state index is 14.0. The molecule has 4 N–H and O–H groups in total. The van der Waals surface area contributed by atoms with Gasteiger partial charge in [0, 0.05) is 18.3 Å². The molecule has 0 aliphatic carbocycles. The number of nitrogens with two attached hydrogens (primary N) is 1. The molecule has 180 valence electrons. The molecule has 0 spiro atoms. The number of nitrogen functional groups attached to an aromatic ring is 1. The molecule has 0 atom stereocenters. The Bertz CT molecular complexity index is 1270. The van der Waals surface area contributed by atoms with Crippen molar-refractivity contribution in [2.45, 2.75) is 20.4 Å². The molecule has 0 radical (unpaired) electrons. The molecular weight excluding hydrogens is 441 g/mol. The molecule has 10 heteroatoms. The highest BCUT2D eigenvalue weighted by Gasteiger charge is 2.25. The first kappa shape index (κ1) is 24.6. The van der Waals surface area contributed by atoms with E-state index in [1.807, 2.05) is 44.2 Å². The van der Waals surface area contributed by atoms with Crippen molar-refractivity contribution in [3.63, 3.8) is 0 Å². The largest absolute Gasteiger partial charge is 0.494 e. The Morgan fingerprint density at radius 3 is 2.53 bits per heavy atom. The number of ether oxygens (including phenoxy) is 1. The van der Waals surface area contributed by atoms with Gasteiger partial charge in [-0.15, -0.1) is 0 Å². The number of hydrogen-bond donors (Lipinski definition) is 3. The van der Waals surface area contributed by atoms with Crippen LogP contribution in [0.4, 0.5) is 21.6 Å². The third-order valence-corrected chi connectivity index (χ3v) is 5.11. The van der Waals surface area contributed by atoms with Gasteiger partial charge in [0.05, 0.1) is 20.2 Å². The fraction of sp³-hybridized carbons (Fsp3) is 0.292. The number of anilines is 3. The smallest absolute Gasteiger partial charge is 0.330 e. The highest BCUT2D eigenvalue weighted by molar-refractivity contribution is 5.98. The van der Waals surface area contributed by atoms with Gasteiger partial charge < -0.3 is 20.7 Å². The second kappa shape index (κ2) is 10.7. The third kappa shape index (κ3) is 5.64. The Hall–Kier alpha value is -4.08. The number of carbonyl (C=O) groups excluding carboxylic acids is 1. The van der Waals surface area contributed by atoms with Crippen LogP contribution >= 0.6 is 0 Å². The number of hydrogen-bond acceptors (Lipinski definition) is 6. The van der Waals surface area contributed by atoms with Gasteiger partial charge in [0.25, 0.3) is 5.56 Å². The van der Waals surface area contributed by atoms with Gasteiger partial charge in [0.15, 0.2) is 17.3 Å². The predicted molar refractivity (Wildman–Crippen MR) is 130 cm³/mol.